The number of rotatable bonds is 9. The Bertz CT molecular complexity index is 1530. The molecule has 9 heteroatoms. The molecule has 3 aliphatic rings. The second kappa shape index (κ2) is 13.4. The third-order valence-electron chi connectivity index (χ3n) is 11.2. The summed E-state index contributed by atoms with van der Waals surface area (Å²) in [5.74, 6) is 1.23. The number of nitrogens with one attached hydrogen (secondary N) is 1. The predicted octanol–water partition coefficient (Wildman–Crippen LogP) is 6.08. The van der Waals surface area contributed by atoms with E-state index in [1.807, 2.05) is 36.4 Å². The minimum absolute atomic E-state index is 0.143. The van der Waals surface area contributed by atoms with Crippen molar-refractivity contribution < 1.29 is 13.9 Å². The van der Waals surface area contributed by atoms with Gasteiger partial charge in [0.1, 0.15) is 17.7 Å². The number of hydrogen-bond acceptors (Lipinski definition) is 7. The number of benzene rings is 2. The molecule has 46 heavy (non-hydrogen) atoms. The second-order valence-electron chi connectivity index (χ2n) is 13.6. The minimum atomic E-state index is -0.472. The molecule has 0 bridgehead atoms. The quantitative estimate of drug-likeness (QED) is 0.309. The lowest BCUT2D eigenvalue weighted by molar-refractivity contribution is -0.0145. The largest absolute Gasteiger partial charge is 0.446 e. The van der Waals surface area contributed by atoms with Gasteiger partial charge in [-0.3, -0.25) is 0 Å². The molecule has 242 valence electrons. The van der Waals surface area contributed by atoms with Gasteiger partial charge in [0.2, 0.25) is 0 Å². The van der Waals surface area contributed by atoms with E-state index in [0.29, 0.717) is 17.9 Å². The molecule has 1 amide bonds. The van der Waals surface area contributed by atoms with Crippen LogP contribution in [0.15, 0.2) is 67.0 Å². The van der Waals surface area contributed by atoms with Crippen molar-refractivity contribution in [3.63, 3.8) is 0 Å². The minimum Gasteiger partial charge on any atom is -0.446 e. The first kappa shape index (κ1) is 31.9. The maximum absolute atomic E-state index is 15.1. The lowest BCUT2D eigenvalue weighted by Gasteiger charge is -2.54. The highest BCUT2D eigenvalue weighted by molar-refractivity contribution is 5.67. The maximum Gasteiger partial charge on any atom is 0.407 e. The zero-order valence-corrected chi connectivity index (χ0v) is 27.2. The van der Waals surface area contributed by atoms with Crippen LogP contribution in [-0.4, -0.2) is 66.8 Å². The van der Waals surface area contributed by atoms with E-state index in [1.165, 1.54) is 11.8 Å². The number of alkyl carbamates (subject to hydrolysis) is 1. The molecule has 1 aromatic heterocycles. The fourth-order valence-corrected chi connectivity index (χ4v) is 9.04. The number of carbonyl (C=O) groups excluding carboxylic acids is 1. The van der Waals surface area contributed by atoms with Crippen molar-refractivity contribution >= 4 is 11.8 Å². The van der Waals surface area contributed by atoms with Gasteiger partial charge < -0.3 is 19.9 Å². The Balaban J connectivity index is 1.26. The summed E-state index contributed by atoms with van der Waals surface area (Å²) in [5.41, 5.74) is 1.91. The monoisotopic (exact) mass is 624 g/mol. The average Bonchev–Trinajstić information content (AvgIpc) is 3.41. The summed E-state index contributed by atoms with van der Waals surface area (Å²) in [5, 5.41) is 11.8. The van der Waals surface area contributed by atoms with Gasteiger partial charge in [0.05, 0.1) is 11.6 Å². The van der Waals surface area contributed by atoms with Crippen LogP contribution in [-0.2, 0) is 15.6 Å². The smallest absolute Gasteiger partial charge is 0.407 e. The first-order valence-electron chi connectivity index (χ1n) is 16.7. The summed E-state index contributed by atoms with van der Waals surface area (Å²) in [6.07, 6.45) is 6.97. The molecule has 2 saturated heterocycles. The number of ether oxygens (including phenoxy) is 1. The molecule has 3 heterocycles. The Morgan fingerprint density at radius 1 is 1.11 bits per heavy atom. The van der Waals surface area contributed by atoms with Crippen LogP contribution >= 0.6 is 0 Å². The van der Waals surface area contributed by atoms with E-state index in [9.17, 15) is 4.79 Å². The Kier molecular flexibility index (Phi) is 9.28. The van der Waals surface area contributed by atoms with E-state index in [1.54, 1.807) is 25.5 Å². The summed E-state index contributed by atoms with van der Waals surface area (Å²) in [6.45, 7) is 9.47. The van der Waals surface area contributed by atoms with Crippen molar-refractivity contribution in [3.05, 3.63) is 89.8 Å². The van der Waals surface area contributed by atoms with Crippen molar-refractivity contribution in [2.24, 2.45) is 17.8 Å². The number of carbonyl (C=O) groups is 1. The highest BCUT2D eigenvalue weighted by Gasteiger charge is 2.61. The van der Waals surface area contributed by atoms with Crippen LogP contribution in [0.1, 0.15) is 62.9 Å². The topological polar surface area (TPSA) is 94.4 Å². The van der Waals surface area contributed by atoms with Crippen LogP contribution in [0.4, 0.5) is 14.9 Å². The average molecular weight is 625 g/mol. The lowest BCUT2D eigenvalue weighted by Crippen LogP contribution is -2.57. The Hall–Kier alpha value is -4.03. The molecule has 0 spiro atoms. The van der Waals surface area contributed by atoms with Gasteiger partial charge in [-0.1, -0.05) is 26.0 Å². The molecular formula is C37H45FN6O2. The number of nitrogens with zero attached hydrogens (tertiary/aromatic N) is 5. The third kappa shape index (κ3) is 5.95. The Morgan fingerprint density at radius 3 is 2.46 bits per heavy atom. The number of nitriles is 1. The van der Waals surface area contributed by atoms with Gasteiger partial charge in [0.15, 0.2) is 0 Å². The fourth-order valence-electron chi connectivity index (χ4n) is 9.04. The normalized spacial score (nSPS) is 25.3. The molecule has 2 aliphatic heterocycles. The van der Waals surface area contributed by atoms with E-state index in [2.05, 4.69) is 41.1 Å². The van der Waals surface area contributed by atoms with Crippen molar-refractivity contribution in [1.29, 1.82) is 5.26 Å². The Labute approximate surface area is 272 Å². The van der Waals surface area contributed by atoms with Crippen LogP contribution in [0.25, 0.3) is 0 Å². The van der Waals surface area contributed by atoms with Crippen LogP contribution in [0.5, 0.6) is 0 Å². The molecule has 4 atom stereocenters. The summed E-state index contributed by atoms with van der Waals surface area (Å²) in [4.78, 5) is 27.2. The van der Waals surface area contributed by atoms with E-state index < -0.39 is 16.9 Å². The molecule has 6 rings (SSSR count). The molecule has 3 aromatic rings. The molecule has 3 fully saturated rings. The molecule has 8 nitrogen and oxygen atoms in total. The maximum atomic E-state index is 15.1. The number of anilines is 1. The first-order valence-corrected chi connectivity index (χ1v) is 16.7. The van der Waals surface area contributed by atoms with Crippen molar-refractivity contribution in [2.75, 3.05) is 44.7 Å². The molecule has 1 aliphatic carbocycles. The first-order chi connectivity index (χ1) is 22.3. The van der Waals surface area contributed by atoms with Gasteiger partial charge in [-0.25, -0.2) is 19.2 Å². The fraction of sp³-hybridized carbons (Fsp3) is 0.514. The van der Waals surface area contributed by atoms with Crippen LogP contribution in [0, 0.1) is 34.9 Å². The van der Waals surface area contributed by atoms with Crippen LogP contribution in [0.2, 0.25) is 0 Å². The summed E-state index contributed by atoms with van der Waals surface area (Å²) < 4.78 is 21.2. The molecular weight excluding hydrogens is 579 g/mol. The van der Waals surface area contributed by atoms with Gasteiger partial charge in [0.25, 0.3) is 0 Å². The molecule has 1 unspecified atom stereocenters. The van der Waals surface area contributed by atoms with Crippen molar-refractivity contribution in [2.45, 2.75) is 62.9 Å². The third-order valence-corrected chi connectivity index (χ3v) is 11.2. The van der Waals surface area contributed by atoms with Gasteiger partial charge in [-0.15, -0.1) is 0 Å². The highest BCUT2D eigenvalue weighted by atomic mass is 19.1. The number of halogens is 1. The van der Waals surface area contributed by atoms with Gasteiger partial charge >= 0.3 is 6.09 Å². The van der Waals surface area contributed by atoms with E-state index in [-0.39, 0.29) is 23.8 Å². The SMILES string of the molecule is CC[C@@](c1cccc(F)c1)(C1CCN(CC2CN(c3ccc(C#N)cc3)C2)CC1)[C@@H]1[C@@H](OC(=O)NC)CCC1(C)c1ncccn1. The molecule has 2 aromatic carbocycles. The lowest BCUT2D eigenvalue weighted by atomic mass is 9.52. The number of hydrogen-bond donors (Lipinski definition) is 1. The summed E-state index contributed by atoms with van der Waals surface area (Å²) in [7, 11) is 1.59. The standard InChI is InChI=1S/C37H45FN6O2/c1-4-37(29-7-5-8-30(38)21-29,33-32(46-35(45)40-3)13-16-36(33,2)34-41-17-6-18-42-34)28-14-19-43(20-15-28)23-27-24-44(25-27)31-11-9-26(22-39)10-12-31/h5-12,17-18,21,27-28,32-33H,4,13-16,19-20,23-25H2,1-3H3,(H,40,45)/t32-,33+,36?,37-/m0/s1. The number of piperidine rings is 1. The Morgan fingerprint density at radius 2 is 1.83 bits per heavy atom. The second-order valence-corrected chi connectivity index (χ2v) is 13.6. The number of amides is 1. The number of likely N-dealkylation sites (tertiary alicyclic amines) is 1. The van der Waals surface area contributed by atoms with E-state index >= 15 is 4.39 Å². The predicted molar refractivity (Wildman–Crippen MR) is 176 cm³/mol. The van der Waals surface area contributed by atoms with Crippen LogP contribution in [0.3, 0.4) is 0 Å². The zero-order chi connectivity index (χ0) is 32.3. The van der Waals surface area contributed by atoms with Crippen molar-refractivity contribution in [1.82, 2.24) is 20.2 Å². The molecule has 1 saturated carbocycles. The van der Waals surface area contributed by atoms with Gasteiger partial charge in [-0.2, -0.15) is 5.26 Å². The summed E-state index contributed by atoms with van der Waals surface area (Å²) >= 11 is 0. The van der Waals surface area contributed by atoms with Crippen molar-refractivity contribution in [3.8, 4) is 6.07 Å². The van der Waals surface area contributed by atoms with Crippen LogP contribution < -0.4 is 10.2 Å². The number of aromatic nitrogens is 2. The van der Waals surface area contributed by atoms with Gasteiger partial charge in [-0.05, 0) is 99.1 Å². The molecule has 0 radical (unpaired) electrons. The zero-order valence-electron chi connectivity index (χ0n) is 27.2. The van der Waals surface area contributed by atoms with Gasteiger partial charge in [0, 0.05) is 67.4 Å². The van der Waals surface area contributed by atoms with E-state index in [4.69, 9.17) is 20.0 Å². The summed E-state index contributed by atoms with van der Waals surface area (Å²) in [6, 6.07) is 19.0. The molecule has 1 N–H and O–H groups in total. The highest BCUT2D eigenvalue weighted by Crippen LogP contribution is 2.60. The van der Waals surface area contributed by atoms with E-state index in [0.717, 1.165) is 69.8 Å².